The summed E-state index contributed by atoms with van der Waals surface area (Å²) in [4.78, 5) is 29.1. The van der Waals surface area contributed by atoms with E-state index in [1.807, 2.05) is 30.3 Å². The van der Waals surface area contributed by atoms with Gasteiger partial charge < -0.3 is 20.3 Å². The number of nitrogens with one attached hydrogen (secondary N) is 3. The van der Waals surface area contributed by atoms with Gasteiger partial charge in [-0.05, 0) is 35.9 Å². The number of aromatic nitrogens is 5. The van der Waals surface area contributed by atoms with Crippen LogP contribution in [0, 0.1) is 0 Å². The van der Waals surface area contributed by atoms with Crippen LogP contribution in [0.15, 0.2) is 83.8 Å². The average molecular weight is 543 g/mol. The van der Waals surface area contributed by atoms with E-state index in [9.17, 15) is 18.7 Å². The van der Waals surface area contributed by atoms with Crippen molar-refractivity contribution in [2.75, 3.05) is 17.2 Å². The largest absolute Gasteiger partial charge is 0.394 e. The summed E-state index contributed by atoms with van der Waals surface area (Å²) < 4.78 is 34.0. The summed E-state index contributed by atoms with van der Waals surface area (Å²) in [5.41, 5.74) is 1.53. The standard InChI is InChI=1S/C27H20F2N8O3/c28-27(29)20-12-17(6-7-18(20)24(39)36-27)32-26-31-13-19(25-34-22(37-40-25)16-8-10-30-11-9-16)23(35-26)33-21(14-38)15-4-2-1-3-5-15/h1-13,21,38H,14H2,(H,36,39)(H2,31,32,33,35)/t21-/m1/s1. The predicted octanol–water partition coefficient (Wildman–Crippen LogP) is 4.27. The number of nitrogens with zero attached hydrogens (tertiary/aromatic N) is 5. The normalized spacial score (nSPS) is 14.3. The van der Waals surface area contributed by atoms with Crippen molar-refractivity contribution in [3.05, 3.63) is 95.9 Å². The number of fused-ring (bicyclic) bond motifs is 1. The van der Waals surface area contributed by atoms with Gasteiger partial charge >= 0.3 is 6.05 Å². The van der Waals surface area contributed by atoms with Crippen LogP contribution < -0.4 is 16.0 Å². The molecule has 4 heterocycles. The minimum Gasteiger partial charge on any atom is -0.394 e. The third kappa shape index (κ3) is 4.80. The number of alkyl halides is 2. The van der Waals surface area contributed by atoms with E-state index in [1.54, 1.807) is 29.8 Å². The zero-order valence-electron chi connectivity index (χ0n) is 20.5. The Bertz CT molecular complexity index is 1680. The van der Waals surface area contributed by atoms with Crippen molar-refractivity contribution in [2.45, 2.75) is 12.1 Å². The smallest absolute Gasteiger partial charge is 0.353 e. The molecule has 1 aliphatic heterocycles. The van der Waals surface area contributed by atoms with Crippen LogP contribution in [-0.2, 0) is 6.05 Å². The van der Waals surface area contributed by atoms with E-state index >= 15 is 0 Å². The van der Waals surface area contributed by atoms with Gasteiger partial charge in [-0.1, -0.05) is 35.5 Å². The van der Waals surface area contributed by atoms with E-state index < -0.39 is 23.6 Å². The molecule has 0 saturated carbocycles. The number of carbonyl (C=O) groups excluding carboxylic acids is 1. The first-order chi connectivity index (χ1) is 19.4. The molecule has 6 rings (SSSR count). The fourth-order valence-corrected chi connectivity index (χ4v) is 4.23. The molecule has 0 bridgehead atoms. The SMILES string of the molecule is O=C1NC(F)(F)c2cc(Nc3ncc(-c4nc(-c5ccncc5)no4)c(N[C@H](CO)c4ccccc4)n3)ccc21. The molecule has 3 aromatic heterocycles. The van der Waals surface area contributed by atoms with Crippen LogP contribution >= 0.6 is 0 Å². The van der Waals surface area contributed by atoms with E-state index in [2.05, 4.69) is 35.7 Å². The topological polar surface area (TPSA) is 151 Å². The van der Waals surface area contributed by atoms with Crippen LogP contribution in [-0.4, -0.2) is 42.7 Å². The van der Waals surface area contributed by atoms with E-state index in [-0.39, 0.29) is 35.5 Å². The lowest BCUT2D eigenvalue weighted by atomic mass is 10.1. The van der Waals surface area contributed by atoms with Gasteiger partial charge in [-0.25, -0.2) is 4.98 Å². The van der Waals surface area contributed by atoms with Gasteiger partial charge in [-0.15, -0.1) is 0 Å². The molecule has 0 radical (unpaired) electrons. The summed E-state index contributed by atoms with van der Waals surface area (Å²) >= 11 is 0. The first-order valence-corrected chi connectivity index (χ1v) is 12.1. The molecule has 2 aromatic carbocycles. The maximum Gasteiger partial charge on any atom is 0.353 e. The number of hydrogen-bond donors (Lipinski definition) is 4. The van der Waals surface area contributed by atoms with E-state index in [0.717, 1.165) is 11.6 Å². The third-order valence-electron chi connectivity index (χ3n) is 6.21. The summed E-state index contributed by atoms with van der Waals surface area (Å²) in [6.07, 6.45) is 4.65. The highest BCUT2D eigenvalue weighted by atomic mass is 19.3. The van der Waals surface area contributed by atoms with Crippen molar-refractivity contribution >= 4 is 23.4 Å². The number of hydrogen-bond acceptors (Lipinski definition) is 10. The van der Waals surface area contributed by atoms with E-state index in [1.165, 1.54) is 18.3 Å². The maximum absolute atomic E-state index is 14.2. The van der Waals surface area contributed by atoms with E-state index in [4.69, 9.17) is 4.52 Å². The van der Waals surface area contributed by atoms with Crippen molar-refractivity contribution in [2.24, 2.45) is 0 Å². The fraction of sp³-hybridized carbons (Fsp3) is 0.111. The Labute approximate surface area is 225 Å². The Hall–Kier alpha value is -5.30. The Morgan fingerprint density at radius 1 is 1.02 bits per heavy atom. The number of anilines is 3. The molecule has 40 heavy (non-hydrogen) atoms. The second kappa shape index (κ2) is 10.1. The second-order valence-corrected chi connectivity index (χ2v) is 8.82. The molecular weight excluding hydrogens is 522 g/mol. The van der Waals surface area contributed by atoms with Crippen LogP contribution in [0.4, 0.5) is 26.2 Å². The average Bonchev–Trinajstić information content (AvgIpc) is 3.55. The number of aliphatic hydroxyl groups excluding tert-OH is 1. The van der Waals surface area contributed by atoms with Crippen molar-refractivity contribution in [3.63, 3.8) is 0 Å². The second-order valence-electron chi connectivity index (χ2n) is 8.82. The molecule has 13 heteroatoms. The predicted molar refractivity (Wildman–Crippen MR) is 140 cm³/mol. The van der Waals surface area contributed by atoms with Gasteiger partial charge in [0.2, 0.25) is 11.8 Å². The van der Waals surface area contributed by atoms with Crippen LogP contribution in [0.5, 0.6) is 0 Å². The highest BCUT2D eigenvalue weighted by Crippen LogP contribution is 2.36. The van der Waals surface area contributed by atoms with Gasteiger partial charge in [0.05, 0.1) is 23.8 Å². The van der Waals surface area contributed by atoms with Crippen LogP contribution in [0.1, 0.15) is 27.5 Å². The Morgan fingerprint density at radius 3 is 2.60 bits per heavy atom. The molecule has 0 fully saturated rings. The van der Waals surface area contributed by atoms with Gasteiger partial charge in [0.25, 0.3) is 11.8 Å². The van der Waals surface area contributed by atoms with Gasteiger partial charge in [-0.2, -0.15) is 18.7 Å². The van der Waals surface area contributed by atoms with Gasteiger partial charge in [-0.3, -0.25) is 15.1 Å². The molecular formula is C27H20F2N8O3. The number of aliphatic hydroxyl groups is 1. The van der Waals surface area contributed by atoms with Crippen molar-refractivity contribution in [1.29, 1.82) is 0 Å². The molecule has 1 atom stereocenters. The number of pyridine rings is 1. The molecule has 200 valence electrons. The zero-order chi connectivity index (χ0) is 27.7. The molecule has 4 N–H and O–H groups in total. The summed E-state index contributed by atoms with van der Waals surface area (Å²) in [5.74, 6) is -0.0960. The van der Waals surface area contributed by atoms with Gasteiger partial charge in [0.1, 0.15) is 11.4 Å². The monoisotopic (exact) mass is 542 g/mol. The number of carbonyl (C=O) groups is 1. The third-order valence-corrected chi connectivity index (χ3v) is 6.21. The Balaban J connectivity index is 1.36. The van der Waals surface area contributed by atoms with Crippen LogP contribution in [0.2, 0.25) is 0 Å². The van der Waals surface area contributed by atoms with Gasteiger partial charge in [0, 0.05) is 29.8 Å². The first kappa shape index (κ1) is 25.0. The molecule has 11 nitrogen and oxygen atoms in total. The van der Waals surface area contributed by atoms with Crippen molar-refractivity contribution in [1.82, 2.24) is 30.4 Å². The quantitative estimate of drug-likeness (QED) is 0.209. The van der Waals surface area contributed by atoms with E-state index in [0.29, 0.717) is 17.0 Å². The van der Waals surface area contributed by atoms with Crippen LogP contribution in [0.25, 0.3) is 22.8 Å². The number of rotatable bonds is 8. The number of benzene rings is 2. The minimum absolute atomic E-state index is 0.0606. The van der Waals surface area contributed by atoms with Gasteiger partial charge in [0.15, 0.2) is 0 Å². The Morgan fingerprint density at radius 2 is 1.82 bits per heavy atom. The molecule has 0 aliphatic carbocycles. The summed E-state index contributed by atoms with van der Waals surface area (Å²) in [6, 6.07) is 12.6. The number of amides is 1. The highest BCUT2D eigenvalue weighted by Gasteiger charge is 2.44. The highest BCUT2D eigenvalue weighted by molar-refractivity contribution is 6.00. The van der Waals surface area contributed by atoms with Crippen LogP contribution in [0.3, 0.4) is 0 Å². The summed E-state index contributed by atoms with van der Waals surface area (Å²) in [7, 11) is 0. The van der Waals surface area contributed by atoms with Crippen molar-refractivity contribution < 1.29 is 23.2 Å². The lowest BCUT2D eigenvalue weighted by Crippen LogP contribution is -2.29. The molecule has 5 aromatic rings. The maximum atomic E-state index is 14.2. The number of halogens is 2. The lowest BCUT2D eigenvalue weighted by Gasteiger charge is -2.19. The molecule has 0 unspecified atom stereocenters. The first-order valence-electron chi connectivity index (χ1n) is 12.1. The fourth-order valence-electron chi connectivity index (χ4n) is 4.23. The molecule has 1 amide bonds. The summed E-state index contributed by atoms with van der Waals surface area (Å²) in [6.45, 7) is -0.261. The zero-order valence-corrected chi connectivity index (χ0v) is 20.5. The lowest BCUT2D eigenvalue weighted by molar-refractivity contribution is -0.0241. The molecule has 0 saturated heterocycles. The summed E-state index contributed by atoms with van der Waals surface area (Å²) in [5, 5.41) is 21.9. The molecule has 1 aliphatic rings. The Kier molecular flexibility index (Phi) is 6.32. The van der Waals surface area contributed by atoms with Crippen molar-refractivity contribution in [3.8, 4) is 22.8 Å². The minimum atomic E-state index is -3.49. The molecule has 0 spiro atoms.